The number of carbonyl (C=O) groups is 2. The first-order valence-electron chi connectivity index (χ1n) is 5.47. The van der Waals surface area contributed by atoms with Crippen molar-refractivity contribution in [3.05, 3.63) is 27.8 Å². The van der Waals surface area contributed by atoms with E-state index in [0.29, 0.717) is 5.17 Å². The maximum absolute atomic E-state index is 11.9. The summed E-state index contributed by atoms with van der Waals surface area (Å²) in [5, 5.41) is 8.72. The van der Waals surface area contributed by atoms with Gasteiger partial charge in [-0.2, -0.15) is 0 Å². The standard InChI is InChI=1S/C12H11IN2O3S/c1-15-11(18)9(6-10(16)17)19-12(15)14-8-4-2-7(13)3-5-8/h2-5,9H,6H2,1H3,(H,16,17)/t9-/m1/s1. The molecule has 0 unspecified atom stereocenters. The number of carboxylic acid groups (broad SMARTS) is 1. The highest BCUT2D eigenvalue weighted by molar-refractivity contribution is 14.1. The molecular formula is C12H11IN2O3S. The summed E-state index contributed by atoms with van der Waals surface area (Å²) in [6.45, 7) is 0. The van der Waals surface area contributed by atoms with Crippen LogP contribution in [0.2, 0.25) is 0 Å². The first kappa shape index (κ1) is 14.3. The molecule has 0 aliphatic carbocycles. The summed E-state index contributed by atoms with van der Waals surface area (Å²) < 4.78 is 1.11. The second kappa shape index (κ2) is 5.91. The van der Waals surface area contributed by atoms with Crippen LogP contribution >= 0.6 is 34.4 Å². The van der Waals surface area contributed by atoms with Gasteiger partial charge in [0.1, 0.15) is 5.25 Å². The molecule has 5 nitrogen and oxygen atoms in total. The van der Waals surface area contributed by atoms with Crippen molar-refractivity contribution in [2.24, 2.45) is 4.99 Å². The lowest BCUT2D eigenvalue weighted by atomic mass is 10.3. The van der Waals surface area contributed by atoms with Crippen LogP contribution in [0.25, 0.3) is 0 Å². The molecule has 1 heterocycles. The van der Waals surface area contributed by atoms with E-state index in [0.717, 1.165) is 9.26 Å². The van der Waals surface area contributed by atoms with Gasteiger partial charge in [0, 0.05) is 10.6 Å². The van der Waals surface area contributed by atoms with E-state index < -0.39 is 11.2 Å². The predicted octanol–water partition coefficient (Wildman–Crippen LogP) is 2.33. The topological polar surface area (TPSA) is 70.0 Å². The molecule has 0 radical (unpaired) electrons. The molecular weight excluding hydrogens is 379 g/mol. The summed E-state index contributed by atoms with van der Waals surface area (Å²) in [6.07, 6.45) is -0.181. The van der Waals surface area contributed by atoms with Gasteiger partial charge in [0.05, 0.1) is 12.1 Å². The van der Waals surface area contributed by atoms with Crippen LogP contribution in [0.1, 0.15) is 6.42 Å². The predicted molar refractivity (Wildman–Crippen MR) is 82.7 cm³/mol. The Morgan fingerprint density at radius 2 is 2.11 bits per heavy atom. The van der Waals surface area contributed by atoms with Gasteiger partial charge < -0.3 is 5.11 Å². The van der Waals surface area contributed by atoms with Gasteiger partial charge in [-0.15, -0.1) is 0 Å². The third kappa shape index (κ3) is 3.47. The number of halogens is 1. The van der Waals surface area contributed by atoms with Gasteiger partial charge in [-0.05, 0) is 46.9 Å². The molecule has 0 spiro atoms. The van der Waals surface area contributed by atoms with Crippen LogP contribution < -0.4 is 0 Å². The molecule has 1 fully saturated rings. The fourth-order valence-electron chi connectivity index (χ4n) is 1.58. The molecule has 1 atom stereocenters. The van der Waals surface area contributed by atoms with E-state index in [4.69, 9.17) is 5.11 Å². The number of amidine groups is 1. The molecule has 1 saturated heterocycles. The molecule has 100 valence electrons. The molecule has 0 saturated carbocycles. The first-order chi connectivity index (χ1) is 8.97. The van der Waals surface area contributed by atoms with Gasteiger partial charge in [-0.1, -0.05) is 11.8 Å². The summed E-state index contributed by atoms with van der Waals surface area (Å²) in [5.74, 6) is -1.19. The molecule has 1 N–H and O–H groups in total. The van der Waals surface area contributed by atoms with Crippen LogP contribution in [-0.4, -0.2) is 39.3 Å². The monoisotopic (exact) mass is 390 g/mol. The van der Waals surface area contributed by atoms with Crippen LogP contribution in [0.5, 0.6) is 0 Å². The largest absolute Gasteiger partial charge is 0.481 e. The van der Waals surface area contributed by atoms with Crippen molar-refractivity contribution in [3.8, 4) is 0 Å². The molecule has 19 heavy (non-hydrogen) atoms. The van der Waals surface area contributed by atoms with Gasteiger partial charge in [0.2, 0.25) is 5.91 Å². The van der Waals surface area contributed by atoms with Crippen LogP contribution in [0.4, 0.5) is 5.69 Å². The normalized spacial score (nSPS) is 21.2. The number of thioether (sulfide) groups is 1. The molecule has 0 bridgehead atoms. The van der Waals surface area contributed by atoms with Crippen LogP contribution in [-0.2, 0) is 9.59 Å². The number of nitrogens with zero attached hydrogens (tertiary/aromatic N) is 2. The Kier molecular flexibility index (Phi) is 4.46. The quantitative estimate of drug-likeness (QED) is 0.805. The van der Waals surface area contributed by atoms with Gasteiger partial charge in [0.25, 0.3) is 0 Å². The lowest BCUT2D eigenvalue weighted by molar-refractivity contribution is -0.139. The van der Waals surface area contributed by atoms with Crippen molar-refractivity contribution in [2.45, 2.75) is 11.7 Å². The first-order valence-corrected chi connectivity index (χ1v) is 7.43. The number of hydrogen-bond acceptors (Lipinski definition) is 4. The van der Waals surface area contributed by atoms with Crippen molar-refractivity contribution in [1.29, 1.82) is 0 Å². The van der Waals surface area contributed by atoms with Gasteiger partial charge >= 0.3 is 5.97 Å². The summed E-state index contributed by atoms with van der Waals surface area (Å²) in [6, 6.07) is 7.57. The lowest BCUT2D eigenvalue weighted by Gasteiger charge is -2.08. The highest BCUT2D eigenvalue weighted by Crippen LogP contribution is 2.30. The summed E-state index contributed by atoms with van der Waals surface area (Å²) >= 11 is 3.40. The molecule has 1 amide bonds. The summed E-state index contributed by atoms with van der Waals surface area (Å²) in [4.78, 5) is 28.3. The van der Waals surface area contributed by atoms with E-state index in [1.54, 1.807) is 7.05 Å². The SMILES string of the molecule is CN1C(=O)[C@@H](CC(=O)O)SC1=Nc1ccc(I)cc1. The van der Waals surface area contributed by atoms with E-state index in [1.807, 2.05) is 24.3 Å². The van der Waals surface area contributed by atoms with Crippen LogP contribution in [0, 0.1) is 3.57 Å². The highest BCUT2D eigenvalue weighted by atomic mass is 127. The third-order valence-electron chi connectivity index (χ3n) is 2.55. The summed E-state index contributed by atoms with van der Waals surface area (Å²) in [5.41, 5.74) is 0.749. The highest BCUT2D eigenvalue weighted by Gasteiger charge is 2.36. The molecule has 1 aliphatic heterocycles. The van der Waals surface area contributed by atoms with Crippen LogP contribution in [0.3, 0.4) is 0 Å². The number of carbonyl (C=O) groups excluding carboxylic acids is 1. The second-order valence-electron chi connectivity index (χ2n) is 3.97. The van der Waals surface area contributed by atoms with Crippen molar-refractivity contribution in [1.82, 2.24) is 4.90 Å². The van der Waals surface area contributed by atoms with E-state index in [9.17, 15) is 9.59 Å². The van der Waals surface area contributed by atoms with Crippen molar-refractivity contribution in [2.75, 3.05) is 7.05 Å². The maximum Gasteiger partial charge on any atom is 0.305 e. The number of rotatable bonds is 3. The van der Waals surface area contributed by atoms with Gasteiger partial charge in [-0.3, -0.25) is 14.5 Å². The minimum absolute atomic E-state index is 0.181. The zero-order chi connectivity index (χ0) is 14.0. The zero-order valence-corrected chi connectivity index (χ0v) is 13.0. The Balaban J connectivity index is 2.19. The number of aliphatic carboxylic acids is 1. The fourth-order valence-corrected chi connectivity index (χ4v) is 3.09. The van der Waals surface area contributed by atoms with Crippen molar-refractivity contribution < 1.29 is 14.7 Å². The van der Waals surface area contributed by atoms with Gasteiger partial charge in [-0.25, -0.2) is 4.99 Å². The Hall–Kier alpha value is -1.09. The zero-order valence-electron chi connectivity index (χ0n) is 10.0. The Morgan fingerprint density at radius 3 is 2.68 bits per heavy atom. The molecule has 2 rings (SSSR count). The number of hydrogen-bond donors (Lipinski definition) is 1. The maximum atomic E-state index is 11.9. The second-order valence-corrected chi connectivity index (χ2v) is 6.39. The minimum atomic E-state index is -0.977. The van der Waals surface area contributed by atoms with E-state index in [-0.39, 0.29) is 12.3 Å². The number of aliphatic imine (C=N–C) groups is 1. The summed E-state index contributed by atoms with van der Waals surface area (Å²) in [7, 11) is 1.61. The van der Waals surface area contributed by atoms with Crippen molar-refractivity contribution in [3.63, 3.8) is 0 Å². The van der Waals surface area contributed by atoms with E-state index in [1.165, 1.54) is 16.7 Å². The lowest BCUT2D eigenvalue weighted by Crippen LogP contribution is -2.28. The number of carboxylic acids is 1. The molecule has 1 aliphatic rings. The smallest absolute Gasteiger partial charge is 0.305 e. The van der Waals surface area contributed by atoms with Crippen LogP contribution in [0.15, 0.2) is 29.3 Å². The van der Waals surface area contributed by atoms with E-state index >= 15 is 0 Å². The Morgan fingerprint density at radius 1 is 1.47 bits per heavy atom. The minimum Gasteiger partial charge on any atom is -0.481 e. The average molecular weight is 390 g/mol. The van der Waals surface area contributed by atoms with Crippen molar-refractivity contribution >= 4 is 57.1 Å². The number of amides is 1. The third-order valence-corrected chi connectivity index (χ3v) is 4.50. The average Bonchev–Trinajstić information content (AvgIpc) is 2.60. The fraction of sp³-hybridized carbons (Fsp3) is 0.250. The molecule has 1 aromatic carbocycles. The molecule has 0 aromatic heterocycles. The molecule has 1 aromatic rings. The van der Waals surface area contributed by atoms with Gasteiger partial charge in [0.15, 0.2) is 5.17 Å². The Bertz CT molecular complexity index is 544. The number of benzene rings is 1. The molecule has 7 heteroatoms. The Labute approximate surface area is 128 Å². The van der Waals surface area contributed by atoms with E-state index in [2.05, 4.69) is 27.6 Å².